The number of carbonyl (C=O) groups is 1. The van der Waals surface area contributed by atoms with E-state index in [0.717, 1.165) is 32.5 Å². The Morgan fingerprint density at radius 1 is 1.58 bits per heavy atom. The van der Waals surface area contributed by atoms with E-state index in [1.165, 1.54) is 0 Å². The second-order valence-electron chi connectivity index (χ2n) is 4.91. The highest BCUT2D eigenvalue weighted by Crippen LogP contribution is 2.24. The molecule has 1 saturated heterocycles. The number of likely N-dealkylation sites (N-methyl/N-ethyl adjacent to an activating group) is 1. The van der Waals surface area contributed by atoms with E-state index in [-0.39, 0.29) is 11.9 Å². The molecule has 104 valence electrons. The van der Waals surface area contributed by atoms with E-state index >= 15 is 0 Å². The minimum absolute atomic E-state index is 0.0536. The minimum Gasteiger partial charge on any atom is -0.398 e. The van der Waals surface area contributed by atoms with E-state index in [0.29, 0.717) is 15.7 Å². The Morgan fingerprint density at radius 3 is 3.11 bits per heavy atom. The molecule has 1 atom stereocenters. The maximum atomic E-state index is 12.3. The summed E-state index contributed by atoms with van der Waals surface area (Å²) in [5.74, 6) is -0.0536. The highest BCUT2D eigenvalue weighted by molar-refractivity contribution is 9.10. The largest absolute Gasteiger partial charge is 0.398 e. The maximum absolute atomic E-state index is 12.3. The second kappa shape index (κ2) is 6.39. The van der Waals surface area contributed by atoms with Gasteiger partial charge in [0, 0.05) is 18.3 Å². The van der Waals surface area contributed by atoms with Gasteiger partial charge in [0.15, 0.2) is 0 Å². The lowest BCUT2D eigenvalue weighted by molar-refractivity contribution is 0.0905. The molecular formula is C14H20BrN3O. The van der Waals surface area contributed by atoms with Crippen molar-refractivity contribution in [1.29, 1.82) is 0 Å². The minimum atomic E-state index is -0.0536. The van der Waals surface area contributed by atoms with E-state index in [9.17, 15) is 4.79 Å². The van der Waals surface area contributed by atoms with Crippen LogP contribution in [-0.4, -0.2) is 36.5 Å². The molecule has 19 heavy (non-hydrogen) atoms. The molecule has 0 saturated carbocycles. The van der Waals surface area contributed by atoms with Gasteiger partial charge in [0.25, 0.3) is 5.91 Å². The molecule has 1 aliphatic rings. The van der Waals surface area contributed by atoms with Crippen LogP contribution in [0.1, 0.15) is 30.1 Å². The molecule has 1 aliphatic heterocycles. The zero-order valence-electron chi connectivity index (χ0n) is 11.2. The second-order valence-corrected chi connectivity index (χ2v) is 5.71. The number of likely N-dealkylation sites (tertiary alicyclic amines) is 1. The van der Waals surface area contributed by atoms with Crippen molar-refractivity contribution < 1.29 is 4.79 Å². The number of rotatable bonds is 3. The van der Waals surface area contributed by atoms with Gasteiger partial charge in [0.2, 0.25) is 0 Å². The van der Waals surface area contributed by atoms with Crippen molar-refractivity contribution in [2.75, 3.05) is 25.4 Å². The standard InChI is InChI=1S/C14H20BrN3O/c1-2-18-8-4-5-10(9-18)17-14(19)11-6-3-7-12(16)13(11)15/h3,6-7,10H,2,4-5,8-9,16H2,1H3,(H,17,19). The van der Waals surface area contributed by atoms with Crippen LogP contribution >= 0.6 is 15.9 Å². The number of hydrogen-bond acceptors (Lipinski definition) is 3. The molecule has 0 radical (unpaired) electrons. The molecule has 1 aromatic rings. The predicted octanol–water partition coefficient (Wildman–Crippen LogP) is 2.25. The number of carbonyl (C=O) groups excluding carboxylic acids is 1. The predicted molar refractivity (Wildman–Crippen MR) is 81.2 cm³/mol. The topological polar surface area (TPSA) is 58.4 Å². The van der Waals surface area contributed by atoms with Crippen molar-refractivity contribution in [2.45, 2.75) is 25.8 Å². The molecule has 5 heteroatoms. The van der Waals surface area contributed by atoms with Gasteiger partial charge in [0.05, 0.1) is 10.0 Å². The van der Waals surface area contributed by atoms with Gasteiger partial charge in [-0.1, -0.05) is 13.0 Å². The fourth-order valence-corrected chi connectivity index (χ4v) is 2.89. The van der Waals surface area contributed by atoms with Gasteiger partial charge in [0.1, 0.15) is 0 Å². The van der Waals surface area contributed by atoms with Crippen molar-refractivity contribution >= 4 is 27.5 Å². The van der Waals surface area contributed by atoms with E-state index in [4.69, 9.17) is 5.73 Å². The summed E-state index contributed by atoms with van der Waals surface area (Å²) in [4.78, 5) is 14.6. The van der Waals surface area contributed by atoms with Gasteiger partial charge in [-0.25, -0.2) is 0 Å². The molecule has 0 spiro atoms. The summed E-state index contributed by atoms with van der Waals surface area (Å²) in [6.45, 7) is 5.25. The van der Waals surface area contributed by atoms with Crippen LogP contribution in [0.3, 0.4) is 0 Å². The Kier molecular flexibility index (Phi) is 4.82. The molecule has 0 bridgehead atoms. The highest BCUT2D eigenvalue weighted by atomic mass is 79.9. The number of anilines is 1. The van der Waals surface area contributed by atoms with E-state index in [2.05, 4.69) is 33.1 Å². The first-order valence-electron chi connectivity index (χ1n) is 6.69. The van der Waals surface area contributed by atoms with Gasteiger partial charge in [-0.05, 0) is 54.0 Å². The quantitative estimate of drug-likeness (QED) is 0.838. The Balaban J connectivity index is 2.02. The molecule has 1 amide bonds. The first-order valence-corrected chi connectivity index (χ1v) is 7.48. The number of nitrogens with one attached hydrogen (secondary N) is 1. The monoisotopic (exact) mass is 325 g/mol. The van der Waals surface area contributed by atoms with Crippen LogP contribution in [0.15, 0.2) is 22.7 Å². The molecule has 1 aromatic carbocycles. The Bertz CT molecular complexity index is 464. The number of piperidine rings is 1. The number of hydrogen-bond donors (Lipinski definition) is 2. The molecule has 4 nitrogen and oxygen atoms in total. The number of amides is 1. The van der Waals surface area contributed by atoms with Crippen LogP contribution in [0.4, 0.5) is 5.69 Å². The van der Waals surface area contributed by atoms with Crippen molar-refractivity contribution in [3.8, 4) is 0 Å². The van der Waals surface area contributed by atoms with Gasteiger partial charge >= 0.3 is 0 Å². The lowest BCUT2D eigenvalue weighted by Gasteiger charge is -2.32. The van der Waals surface area contributed by atoms with E-state index in [1.54, 1.807) is 18.2 Å². The van der Waals surface area contributed by atoms with Gasteiger partial charge in [-0.15, -0.1) is 0 Å². The molecule has 3 N–H and O–H groups in total. The number of benzene rings is 1. The average Bonchev–Trinajstić information content (AvgIpc) is 2.42. The van der Waals surface area contributed by atoms with Crippen molar-refractivity contribution in [3.63, 3.8) is 0 Å². The molecule has 1 heterocycles. The smallest absolute Gasteiger partial charge is 0.252 e. The SMILES string of the molecule is CCN1CCCC(NC(=O)c2cccc(N)c2Br)C1. The summed E-state index contributed by atoms with van der Waals surface area (Å²) in [6, 6.07) is 5.60. The first kappa shape index (κ1) is 14.3. The van der Waals surface area contributed by atoms with Gasteiger partial charge in [-0.3, -0.25) is 4.79 Å². The summed E-state index contributed by atoms with van der Waals surface area (Å²) in [5.41, 5.74) is 6.99. The third kappa shape index (κ3) is 3.48. The van der Waals surface area contributed by atoms with Crippen LogP contribution in [0.25, 0.3) is 0 Å². The Morgan fingerprint density at radius 2 is 2.37 bits per heavy atom. The number of nitrogens with two attached hydrogens (primary N) is 1. The Hall–Kier alpha value is -1.07. The zero-order chi connectivity index (χ0) is 13.8. The lowest BCUT2D eigenvalue weighted by Crippen LogP contribution is -2.47. The average molecular weight is 326 g/mol. The molecule has 0 aliphatic carbocycles. The summed E-state index contributed by atoms with van der Waals surface area (Å²) >= 11 is 3.37. The van der Waals surface area contributed by atoms with Crippen molar-refractivity contribution in [2.24, 2.45) is 0 Å². The van der Waals surface area contributed by atoms with Crippen molar-refractivity contribution in [3.05, 3.63) is 28.2 Å². The first-order chi connectivity index (χ1) is 9.11. The molecule has 1 unspecified atom stereocenters. The van der Waals surface area contributed by atoms with Crippen LogP contribution in [0.2, 0.25) is 0 Å². The van der Waals surface area contributed by atoms with E-state index < -0.39 is 0 Å². The number of nitrogen functional groups attached to an aromatic ring is 1. The molecule has 2 rings (SSSR count). The van der Waals surface area contributed by atoms with Crippen LogP contribution < -0.4 is 11.1 Å². The number of nitrogens with zero attached hydrogens (tertiary/aromatic N) is 1. The molecular weight excluding hydrogens is 306 g/mol. The van der Waals surface area contributed by atoms with Crippen LogP contribution in [-0.2, 0) is 0 Å². The fourth-order valence-electron chi connectivity index (χ4n) is 2.45. The van der Waals surface area contributed by atoms with Gasteiger partial charge < -0.3 is 16.0 Å². The Labute approximate surface area is 122 Å². The molecule has 0 aromatic heterocycles. The summed E-state index contributed by atoms with van der Waals surface area (Å²) in [5, 5.41) is 3.10. The number of halogens is 1. The van der Waals surface area contributed by atoms with Crippen molar-refractivity contribution in [1.82, 2.24) is 10.2 Å². The lowest BCUT2D eigenvalue weighted by atomic mass is 10.0. The normalized spacial score (nSPS) is 20.2. The zero-order valence-corrected chi connectivity index (χ0v) is 12.7. The summed E-state index contributed by atoms with van der Waals surface area (Å²) in [7, 11) is 0. The third-order valence-corrected chi connectivity index (χ3v) is 4.45. The van der Waals surface area contributed by atoms with Crippen LogP contribution in [0, 0.1) is 0 Å². The molecule has 1 fully saturated rings. The van der Waals surface area contributed by atoms with Gasteiger partial charge in [-0.2, -0.15) is 0 Å². The fraction of sp³-hybridized carbons (Fsp3) is 0.500. The summed E-state index contributed by atoms with van der Waals surface area (Å²) in [6.07, 6.45) is 2.18. The highest BCUT2D eigenvalue weighted by Gasteiger charge is 2.21. The maximum Gasteiger partial charge on any atom is 0.252 e. The third-order valence-electron chi connectivity index (χ3n) is 3.56. The summed E-state index contributed by atoms with van der Waals surface area (Å²) < 4.78 is 0.677. The van der Waals surface area contributed by atoms with Crippen LogP contribution in [0.5, 0.6) is 0 Å². The van der Waals surface area contributed by atoms with E-state index in [1.807, 2.05) is 0 Å².